The van der Waals surface area contributed by atoms with Crippen LogP contribution in [-0.4, -0.2) is 65.6 Å². The lowest BCUT2D eigenvalue weighted by molar-refractivity contribution is -0.121. The van der Waals surface area contributed by atoms with Gasteiger partial charge in [-0.2, -0.15) is 5.26 Å². The highest BCUT2D eigenvalue weighted by atomic mass is 16.5. The summed E-state index contributed by atoms with van der Waals surface area (Å²) in [7, 11) is 3.85. The van der Waals surface area contributed by atoms with E-state index in [0.717, 1.165) is 53.2 Å². The van der Waals surface area contributed by atoms with Crippen molar-refractivity contribution in [2.45, 2.75) is 12.8 Å². The molecule has 1 atom stereocenters. The molecule has 9 nitrogen and oxygen atoms in total. The molecule has 0 radical (unpaired) electrons. The molecule has 9 heteroatoms. The highest BCUT2D eigenvalue weighted by molar-refractivity contribution is 5.97. The Hall–Kier alpha value is -4.42. The molecule has 0 saturated carbocycles. The molecule has 0 bridgehead atoms. The maximum Gasteiger partial charge on any atom is 0.265 e. The summed E-state index contributed by atoms with van der Waals surface area (Å²) in [5.74, 6) is 2.12. The smallest absolute Gasteiger partial charge is 0.265 e. The van der Waals surface area contributed by atoms with Crippen LogP contribution in [0.15, 0.2) is 55.1 Å². The molecule has 3 aromatic heterocycles. The number of rotatable bonds is 5. The summed E-state index contributed by atoms with van der Waals surface area (Å²) in [6, 6.07) is 13.6. The second-order valence-electron chi connectivity index (χ2n) is 9.98. The molecule has 0 aliphatic carbocycles. The topological polar surface area (TPSA) is 96.0 Å². The van der Waals surface area contributed by atoms with Crippen LogP contribution in [0, 0.1) is 17.2 Å². The van der Waals surface area contributed by atoms with Crippen molar-refractivity contribution in [3.63, 3.8) is 0 Å². The fourth-order valence-electron chi connectivity index (χ4n) is 5.31. The second kappa shape index (κ2) is 9.80. The van der Waals surface area contributed by atoms with Gasteiger partial charge in [0.2, 0.25) is 0 Å². The van der Waals surface area contributed by atoms with Crippen LogP contribution in [0.1, 0.15) is 18.4 Å². The van der Waals surface area contributed by atoms with Crippen LogP contribution in [0.4, 0.5) is 5.82 Å². The molecule has 2 aliphatic rings. The van der Waals surface area contributed by atoms with E-state index in [4.69, 9.17) is 9.47 Å². The first-order chi connectivity index (χ1) is 18.5. The van der Waals surface area contributed by atoms with E-state index >= 15 is 0 Å². The Morgan fingerprint density at radius 3 is 2.79 bits per heavy atom. The molecule has 1 saturated heterocycles. The highest BCUT2D eigenvalue weighted by Crippen LogP contribution is 2.40. The molecule has 4 aromatic rings. The minimum absolute atomic E-state index is 0.0271. The number of amides is 1. The molecular formula is C29H28N6O3. The number of carbonyl (C=O) groups is 1. The molecule has 1 fully saturated rings. The molecule has 6 rings (SSSR count). The van der Waals surface area contributed by atoms with Crippen LogP contribution < -0.4 is 14.4 Å². The van der Waals surface area contributed by atoms with Crippen molar-refractivity contribution in [3.05, 3.63) is 60.7 Å². The number of benzene rings is 1. The van der Waals surface area contributed by atoms with Gasteiger partial charge >= 0.3 is 0 Å². The first kappa shape index (κ1) is 23.9. The Morgan fingerprint density at radius 1 is 1.16 bits per heavy atom. The second-order valence-corrected chi connectivity index (χ2v) is 9.98. The lowest BCUT2D eigenvalue weighted by Crippen LogP contribution is -2.36. The van der Waals surface area contributed by atoms with E-state index in [1.165, 1.54) is 11.3 Å². The molecule has 2 aliphatic heterocycles. The predicted octanol–water partition coefficient (Wildman–Crippen LogP) is 4.01. The molecule has 38 heavy (non-hydrogen) atoms. The average Bonchev–Trinajstić information content (AvgIpc) is 3.43. The molecular weight excluding hydrogens is 480 g/mol. The lowest BCUT2D eigenvalue weighted by Gasteiger charge is -2.29. The molecule has 0 N–H and O–H groups in total. The maximum absolute atomic E-state index is 12.1. The van der Waals surface area contributed by atoms with Crippen LogP contribution in [0.25, 0.3) is 27.9 Å². The van der Waals surface area contributed by atoms with Crippen LogP contribution in [-0.2, 0) is 4.79 Å². The number of carbonyl (C=O) groups excluding carboxylic acids is 1. The lowest BCUT2D eigenvalue weighted by atomic mass is 9.98. The zero-order valence-corrected chi connectivity index (χ0v) is 21.4. The normalized spacial score (nSPS) is 17.7. The average molecular weight is 509 g/mol. The first-order valence-corrected chi connectivity index (χ1v) is 12.7. The van der Waals surface area contributed by atoms with Gasteiger partial charge in [-0.3, -0.25) is 14.1 Å². The van der Waals surface area contributed by atoms with Gasteiger partial charge in [0.1, 0.15) is 11.3 Å². The Kier molecular flexibility index (Phi) is 6.18. The van der Waals surface area contributed by atoms with Crippen molar-refractivity contribution >= 4 is 17.2 Å². The van der Waals surface area contributed by atoms with Crippen molar-refractivity contribution in [1.29, 1.82) is 5.26 Å². The summed E-state index contributed by atoms with van der Waals surface area (Å²) in [5, 5.41) is 9.32. The third-order valence-electron chi connectivity index (χ3n) is 7.33. The summed E-state index contributed by atoms with van der Waals surface area (Å²) in [4.78, 5) is 25.0. The molecule has 0 unspecified atom stereocenters. The van der Waals surface area contributed by atoms with Crippen molar-refractivity contribution in [1.82, 2.24) is 19.3 Å². The summed E-state index contributed by atoms with van der Waals surface area (Å²) in [6.07, 6.45) is 7.66. The minimum Gasteiger partial charge on any atom is -0.491 e. The number of likely N-dealkylation sites (N-methyl/N-ethyl adjacent to an activating group) is 1. The fraction of sp³-hybridized carbons (Fsp3) is 0.310. The number of imidazole rings is 1. The standard InChI is InChI=1S/C29H28N6O3/c1-33-9-3-4-20(15-33)16-37-25-11-23(21-7-5-19(12-30)6-8-21)28(35-18-31-14-24(25)35)22-10-26-29(32-13-22)34(2)27(36)17-38-26/h5-8,10-11,13-14,18,20H,3-4,9,15-17H2,1-2H3/t20-/m1/s1. The minimum atomic E-state index is -0.140. The van der Waals surface area contributed by atoms with Crippen molar-refractivity contribution in [2.24, 2.45) is 5.92 Å². The van der Waals surface area contributed by atoms with Crippen molar-refractivity contribution in [2.75, 3.05) is 45.3 Å². The first-order valence-electron chi connectivity index (χ1n) is 12.7. The van der Waals surface area contributed by atoms with Gasteiger partial charge in [0.05, 0.1) is 36.5 Å². The van der Waals surface area contributed by atoms with Gasteiger partial charge < -0.3 is 14.4 Å². The van der Waals surface area contributed by atoms with Gasteiger partial charge in [-0.25, -0.2) is 9.97 Å². The largest absolute Gasteiger partial charge is 0.491 e. The molecule has 1 amide bonds. The molecule has 1 aromatic carbocycles. The number of nitriles is 1. The number of ether oxygens (including phenoxy) is 2. The monoisotopic (exact) mass is 508 g/mol. The Bertz CT molecular complexity index is 1560. The summed E-state index contributed by atoms with van der Waals surface area (Å²) in [5.41, 5.74) is 4.97. The van der Waals surface area contributed by atoms with Gasteiger partial charge in [0.15, 0.2) is 18.2 Å². The van der Waals surface area contributed by atoms with Gasteiger partial charge in [-0.1, -0.05) is 12.1 Å². The molecule has 5 heterocycles. The van der Waals surface area contributed by atoms with Gasteiger partial charge in [-0.15, -0.1) is 0 Å². The number of nitrogens with zero attached hydrogens (tertiary/aromatic N) is 6. The van der Waals surface area contributed by atoms with Gasteiger partial charge in [-0.05, 0) is 56.3 Å². The van der Waals surface area contributed by atoms with E-state index in [1.807, 2.05) is 40.9 Å². The van der Waals surface area contributed by atoms with Crippen LogP contribution >= 0.6 is 0 Å². The Balaban J connectivity index is 1.47. The van der Waals surface area contributed by atoms with Gasteiger partial charge in [0, 0.05) is 36.8 Å². The number of aromatic nitrogens is 3. The summed E-state index contributed by atoms with van der Waals surface area (Å²) >= 11 is 0. The quantitative estimate of drug-likeness (QED) is 0.402. The zero-order valence-electron chi connectivity index (χ0n) is 21.4. The molecule has 0 spiro atoms. The summed E-state index contributed by atoms with van der Waals surface area (Å²) < 4.78 is 14.2. The number of likely N-dealkylation sites (tertiary alicyclic amines) is 1. The van der Waals surface area contributed by atoms with Crippen LogP contribution in [0.3, 0.4) is 0 Å². The Morgan fingerprint density at radius 2 is 2.00 bits per heavy atom. The van der Waals surface area contributed by atoms with Crippen LogP contribution in [0.2, 0.25) is 0 Å². The number of anilines is 1. The number of pyridine rings is 2. The van der Waals surface area contributed by atoms with Crippen molar-refractivity contribution < 1.29 is 14.3 Å². The van der Waals surface area contributed by atoms with E-state index in [1.54, 1.807) is 19.6 Å². The van der Waals surface area contributed by atoms with E-state index in [2.05, 4.69) is 34.1 Å². The highest BCUT2D eigenvalue weighted by Gasteiger charge is 2.26. The van der Waals surface area contributed by atoms with E-state index in [9.17, 15) is 10.1 Å². The number of hydrogen-bond acceptors (Lipinski definition) is 7. The number of fused-ring (bicyclic) bond motifs is 2. The molecule has 192 valence electrons. The predicted molar refractivity (Wildman–Crippen MR) is 143 cm³/mol. The van der Waals surface area contributed by atoms with E-state index in [-0.39, 0.29) is 12.5 Å². The zero-order chi connectivity index (χ0) is 26.2. The van der Waals surface area contributed by atoms with Gasteiger partial charge in [0.25, 0.3) is 5.91 Å². The third kappa shape index (κ3) is 4.33. The third-order valence-corrected chi connectivity index (χ3v) is 7.33. The maximum atomic E-state index is 12.1. The van der Waals surface area contributed by atoms with Crippen LogP contribution in [0.5, 0.6) is 11.5 Å². The van der Waals surface area contributed by atoms with E-state index < -0.39 is 0 Å². The summed E-state index contributed by atoms with van der Waals surface area (Å²) in [6.45, 7) is 2.75. The number of piperidine rings is 1. The fourth-order valence-corrected chi connectivity index (χ4v) is 5.31. The Labute approximate surface area is 220 Å². The SMILES string of the molecule is CN1CCC[C@@H](COc2cc(-c3ccc(C#N)cc3)c(-c3cnc4c(c3)OCC(=O)N4C)n3cncc23)C1. The number of hydrogen-bond donors (Lipinski definition) is 0. The van der Waals surface area contributed by atoms with Crippen molar-refractivity contribution in [3.8, 4) is 40.0 Å². The van der Waals surface area contributed by atoms with E-state index in [0.29, 0.717) is 29.7 Å².